The van der Waals surface area contributed by atoms with Crippen LogP contribution in [0.5, 0.6) is 5.75 Å². The largest absolute Gasteiger partial charge is 0.495 e. The number of nitro groups is 1. The van der Waals surface area contributed by atoms with Crippen LogP contribution in [-0.4, -0.2) is 33.5 Å². The zero-order valence-corrected chi connectivity index (χ0v) is 20.4. The van der Waals surface area contributed by atoms with E-state index >= 15 is 0 Å². The molecule has 9 nitrogen and oxygen atoms in total. The second-order valence-electron chi connectivity index (χ2n) is 7.68. The molecule has 2 aromatic carbocycles. The molecule has 2 amide bonds. The fourth-order valence-electron chi connectivity index (χ4n) is 3.94. The van der Waals surface area contributed by atoms with Gasteiger partial charge in [-0.05, 0) is 62.0 Å². The number of halogens is 1. The molecule has 11 heteroatoms. The summed E-state index contributed by atoms with van der Waals surface area (Å²) in [6.45, 7) is 3.58. The Hall–Kier alpha value is -4.02. The van der Waals surface area contributed by atoms with E-state index in [1.54, 1.807) is 48.7 Å². The first-order valence-electron chi connectivity index (χ1n) is 10.3. The van der Waals surface area contributed by atoms with E-state index in [1.807, 2.05) is 0 Å². The molecule has 1 saturated heterocycles. The number of nitrogens with zero attached hydrogens (tertiary/aromatic N) is 3. The molecule has 0 saturated carbocycles. The van der Waals surface area contributed by atoms with Crippen molar-refractivity contribution < 1.29 is 19.2 Å². The molecule has 178 valence electrons. The minimum Gasteiger partial charge on any atom is -0.495 e. The number of amides is 2. The van der Waals surface area contributed by atoms with Gasteiger partial charge in [-0.3, -0.25) is 29.9 Å². The number of thiocarbonyl (C=S) groups is 1. The Bertz CT molecular complexity index is 1450. The number of methoxy groups -OCH3 is 1. The van der Waals surface area contributed by atoms with Crippen LogP contribution < -0.4 is 15.0 Å². The molecule has 0 bridgehead atoms. The van der Waals surface area contributed by atoms with Gasteiger partial charge in [-0.15, -0.1) is 0 Å². The third-order valence-electron chi connectivity index (χ3n) is 5.58. The smallest absolute Gasteiger partial charge is 0.271 e. The topological polar surface area (TPSA) is 107 Å². The molecule has 1 aromatic heterocycles. The molecule has 0 radical (unpaired) electrons. The molecule has 0 spiro atoms. The van der Waals surface area contributed by atoms with Crippen LogP contribution in [0.4, 0.5) is 11.4 Å². The van der Waals surface area contributed by atoms with Gasteiger partial charge in [0.2, 0.25) is 0 Å². The van der Waals surface area contributed by atoms with E-state index in [4.69, 9.17) is 28.6 Å². The van der Waals surface area contributed by atoms with Gasteiger partial charge in [0.05, 0.1) is 28.4 Å². The number of para-hydroxylation sites is 1. The second kappa shape index (κ2) is 9.32. The molecule has 4 rings (SSSR count). The van der Waals surface area contributed by atoms with E-state index in [0.717, 1.165) is 5.69 Å². The maximum atomic E-state index is 13.3. The summed E-state index contributed by atoms with van der Waals surface area (Å²) in [6.07, 6.45) is 1.46. The molecule has 1 aliphatic rings. The summed E-state index contributed by atoms with van der Waals surface area (Å²) in [5, 5.41) is 14.1. The van der Waals surface area contributed by atoms with Crippen molar-refractivity contribution >= 4 is 58.2 Å². The quantitative estimate of drug-likeness (QED) is 0.178. The summed E-state index contributed by atoms with van der Waals surface area (Å²) < 4.78 is 7.18. The first kappa shape index (κ1) is 24.1. The number of aromatic nitrogens is 1. The van der Waals surface area contributed by atoms with Gasteiger partial charge in [0, 0.05) is 23.5 Å². The summed E-state index contributed by atoms with van der Waals surface area (Å²) in [6, 6.07) is 12.7. The SMILES string of the molecule is COc1ccc([N+](=O)[O-])cc1-n1c(C)cc(/C=C2\C(=O)NC(=S)N(c3ccccc3Cl)C2=O)c1C. The lowest BCUT2D eigenvalue weighted by Crippen LogP contribution is -2.54. The van der Waals surface area contributed by atoms with E-state index in [9.17, 15) is 19.7 Å². The second-order valence-corrected chi connectivity index (χ2v) is 8.48. The molecule has 2 heterocycles. The van der Waals surface area contributed by atoms with Crippen LogP contribution in [0.15, 0.2) is 54.1 Å². The molecule has 1 N–H and O–H groups in total. The number of aryl methyl sites for hydroxylation is 1. The zero-order chi connectivity index (χ0) is 25.4. The lowest BCUT2D eigenvalue weighted by atomic mass is 10.1. The number of nitrogens with one attached hydrogen (secondary N) is 1. The summed E-state index contributed by atoms with van der Waals surface area (Å²) >= 11 is 11.5. The number of nitro benzene ring substituents is 1. The maximum absolute atomic E-state index is 13.3. The fourth-order valence-corrected chi connectivity index (χ4v) is 4.43. The van der Waals surface area contributed by atoms with Crippen LogP contribution in [0.3, 0.4) is 0 Å². The lowest BCUT2D eigenvalue weighted by Gasteiger charge is -2.29. The van der Waals surface area contributed by atoms with Gasteiger partial charge < -0.3 is 9.30 Å². The number of rotatable bonds is 5. The van der Waals surface area contributed by atoms with E-state index < -0.39 is 16.7 Å². The number of non-ortho nitro benzene ring substituents is 1. The number of hydrogen-bond donors (Lipinski definition) is 1. The number of carbonyl (C=O) groups is 2. The van der Waals surface area contributed by atoms with E-state index in [0.29, 0.717) is 33.4 Å². The molecular weight excluding hydrogens is 492 g/mol. The molecule has 0 aliphatic carbocycles. The summed E-state index contributed by atoms with van der Waals surface area (Å²) in [7, 11) is 1.47. The normalized spacial score (nSPS) is 14.9. The van der Waals surface area contributed by atoms with Crippen molar-refractivity contribution in [1.29, 1.82) is 0 Å². The molecule has 3 aromatic rings. The third kappa shape index (κ3) is 4.29. The van der Waals surface area contributed by atoms with E-state index in [2.05, 4.69) is 5.32 Å². The standard InChI is InChI=1S/C24H19ClN4O5S/c1-13-10-15(14(2)27(13)20-12-16(29(32)33)8-9-21(20)34-3)11-17-22(30)26-24(35)28(23(17)31)19-7-5-4-6-18(19)25/h4-12H,1-3H3,(H,26,30,35)/b17-11+. The highest BCUT2D eigenvalue weighted by Crippen LogP contribution is 2.33. The van der Waals surface area contributed by atoms with Gasteiger partial charge in [-0.25, -0.2) is 0 Å². The highest BCUT2D eigenvalue weighted by molar-refractivity contribution is 7.80. The summed E-state index contributed by atoms with van der Waals surface area (Å²) in [4.78, 5) is 38.1. The summed E-state index contributed by atoms with van der Waals surface area (Å²) in [5.41, 5.74) is 2.51. The van der Waals surface area contributed by atoms with Crippen molar-refractivity contribution in [1.82, 2.24) is 9.88 Å². The average Bonchev–Trinajstić information content (AvgIpc) is 3.09. The molecule has 35 heavy (non-hydrogen) atoms. The first-order valence-corrected chi connectivity index (χ1v) is 11.1. The van der Waals surface area contributed by atoms with Crippen molar-refractivity contribution in [3.05, 3.63) is 86.2 Å². The minimum absolute atomic E-state index is 0.0722. The van der Waals surface area contributed by atoms with Gasteiger partial charge >= 0.3 is 0 Å². The number of carbonyl (C=O) groups excluding carboxylic acids is 2. The zero-order valence-electron chi connectivity index (χ0n) is 18.9. The van der Waals surface area contributed by atoms with Crippen molar-refractivity contribution in [3.63, 3.8) is 0 Å². The van der Waals surface area contributed by atoms with Crippen LogP contribution in [0.2, 0.25) is 5.02 Å². The predicted octanol–water partition coefficient (Wildman–Crippen LogP) is 4.50. The van der Waals surface area contributed by atoms with Gasteiger partial charge in [0.15, 0.2) is 5.11 Å². The monoisotopic (exact) mass is 510 g/mol. The number of hydrogen-bond acceptors (Lipinski definition) is 6. The van der Waals surface area contributed by atoms with Crippen molar-refractivity contribution in [2.75, 3.05) is 12.0 Å². The Morgan fingerprint density at radius 1 is 1.11 bits per heavy atom. The minimum atomic E-state index is -0.638. The molecular formula is C24H19ClN4O5S. The molecule has 0 unspecified atom stereocenters. The number of ether oxygens (including phenoxy) is 1. The van der Waals surface area contributed by atoms with Crippen molar-refractivity contribution in [3.8, 4) is 11.4 Å². The molecule has 1 fully saturated rings. The van der Waals surface area contributed by atoms with Crippen LogP contribution in [0, 0.1) is 24.0 Å². The Morgan fingerprint density at radius 3 is 2.49 bits per heavy atom. The number of benzene rings is 2. The average molecular weight is 511 g/mol. The Labute approximate surface area is 210 Å². The Kier molecular flexibility index (Phi) is 6.42. The third-order valence-corrected chi connectivity index (χ3v) is 6.18. The van der Waals surface area contributed by atoms with Crippen LogP contribution >= 0.6 is 23.8 Å². The van der Waals surface area contributed by atoms with Crippen molar-refractivity contribution in [2.45, 2.75) is 13.8 Å². The van der Waals surface area contributed by atoms with Crippen molar-refractivity contribution in [2.24, 2.45) is 0 Å². The van der Waals surface area contributed by atoms with E-state index in [1.165, 1.54) is 36.3 Å². The van der Waals surface area contributed by atoms with Gasteiger partial charge in [0.1, 0.15) is 11.3 Å². The highest BCUT2D eigenvalue weighted by Gasteiger charge is 2.35. The lowest BCUT2D eigenvalue weighted by molar-refractivity contribution is -0.384. The number of anilines is 1. The van der Waals surface area contributed by atoms with Gasteiger partial charge in [-0.1, -0.05) is 23.7 Å². The van der Waals surface area contributed by atoms with Gasteiger partial charge in [0.25, 0.3) is 17.5 Å². The Morgan fingerprint density at radius 2 is 1.83 bits per heavy atom. The van der Waals surface area contributed by atoms with E-state index in [-0.39, 0.29) is 16.4 Å². The van der Waals surface area contributed by atoms with Gasteiger partial charge in [-0.2, -0.15) is 0 Å². The van der Waals surface area contributed by atoms with Crippen LogP contribution in [0.25, 0.3) is 11.8 Å². The fraction of sp³-hybridized carbons (Fsp3) is 0.125. The predicted molar refractivity (Wildman–Crippen MR) is 136 cm³/mol. The molecule has 0 atom stereocenters. The molecule has 1 aliphatic heterocycles. The van der Waals surface area contributed by atoms with Crippen LogP contribution in [0.1, 0.15) is 17.0 Å². The van der Waals surface area contributed by atoms with Crippen LogP contribution in [-0.2, 0) is 9.59 Å². The highest BCUT2D eigenvalue weighted by atomic mass is 35.5. The summed E-state index contributed by atoms with van der Waals surface area (Å²) in [5.74, 6) is -0.830. The first-order chi connectivity index (χ1) is 16.6. The Balaban J connectivity index is 1.82. The maximum Gasteiger partial charge on any atom is 0.271 e.